The number of ether oxygens (including phenoxy) is 1. The third-order valence-electron chi connectivity index (χ3n) is 2.98. The molecule has 1 aromatic heterocycles. The van der Waals surface area contributed by atoms with Crippen LogP contribution in [0.1, 0.15) is 0 Å². The van der Waals surface area contributed by atoms with Crippen LogP contribution >= 0.6 is 0 Å². The Morgan fingerprint density at radius 1 is 1.19 bits per heavy atom. The zero-order valence-corrected chi connectivity index (χ0v) is 11.2. The van der Waals surface area contributed by atoms with Gasteiger partial charge in [-0.1, -0.05) is 12.1 Å². The number of aromatic nitrogens is 4. The van der Waals surface area contributed by atoms with Crippen LogP contribution in [0.15, 0.2) is 42.5 Å². The SMILES string of the molecule is COc1cc(F)ccc1-n1nnnc1-c1cccc(N)c1. The van der Waals surface area contributed by atoms with Gasteiger partial charge >= 0.3 is 0 Å². The third-order valence-corrected chi connectivity index (χ3v) is 2.98. The normalized spacial score (nSPS) is 10.6. The highest BCUT2D eigenvalue weighted by Crippen LogP contribution is 2.27. The Morgan fingerprint density at radius 2 is 2.05 bits per heavy atom. The molecule has 1 heterocycles. The largest absolute Gasteiger partial charge is 0.494 e. The van der Waals surface area contributed by atoms with E-state index in [0.29, 0.717) is 22.9 Å². The van der Waals surface area contributed by atoms with Crippen LogP contribution < -0.4 is 10.5 Å². The van der Waals surface area contributed by atoms with Gasteiger partial charge in [0.25, 0.3) is 0 Å². The van der Waals surface area contributed by atoms with E-state index in [2.05, 4.69) is 15.5 Å². The van der Waals surface area contributed by atoms with E-state index in [9.17, 15) is 4.39 Å². The van der Waals surface area contributed by atoms with Crippen molar-refractivity contribution in [2.75, 3.05) is 12.8 Å². The number of hydrogen-bond acceptors (Lipinski definition) is 5. The summed E-state index contributed by atoms with van der Waals surface area (Å²) >= 11 is 0. The van der Waals surface area contributed by atoms with Gasteiger partial charge in [0.05, 0.1) is 7.11 Å². The number of nitrogen functional groups attached to an aromatic ring is 1. The van der Waals surface area contributed by atoms with Crippen molar-refractivity contribution in [1.29, 1.82) is 0 Å². The molecule has 0 saturated heterocycles. The van der Waals surface area contributed by atoms with Crippen molar-refractivity contribution >= 4 is 5.69 Å². The molecule has 0 spiro atoms. The lowest BCUT2D eigenvalue weighted by molar-refractivity contribution is 0.408. The first-order valence-corrected chi connectivity index (χ1v) is 6.17. The standard InChI is InChI=1S/C14H12FN5O/c1-21-13-8-10(15)5-6-12(13)20-14(17-18-19-20)9-3-2-4-11(16)7-9/h2-8H,16H2,1H3. The van der Waals surface area contributed by atoms with E-state index in [4.69, 9.17) is 10.5 Å². The summed E-state index contributed by atoms with van der Waals surface area (Å²) in [5.74, 6) is 0.439. The Balaban J connectivity index is 2.16. The molecule has 7 heteroatoms. The van der Waals surface area contributed by atoms with E-state index < -0.39 is 5.82 Å². The lowest BCUT2D eigenvalue weighted by Crippen LogP contribution is -2.03. The van der Waals surface area contributed by atoms with Gasteiger partial charge in [-0.2, -0.15) is 4.68 Å². The molecule has 0 unspecified atom stereocenters. The molecule has 0 bridgehead atoms. The highest BCUT2D eigenvalue weighted by Gasteiger charge is 2.15. The van der Waals surface area contributed by atoms with Crippen LogP contribution in [0.2, 0.25) is 0 Å². The first-order chi connectivity index (χ1) is 10.2. The minimum Gasteiger partial charge on any atom is -0.494 e. The monoisotopic (exact) mass is 285 g/mol. The Labute approximate surface area is 120 Å². The summed E-state index contributed by atoms with van der Waals surface area (Å²) in [6.45, 7) is 0. The summed E-state index contributed by atoms with van der Waals surface area (Å²) < 4.78 is 20.0. The zero-order valence-electron chi connectivity index (χ0n) is 11.2. The smallest absolute Gasteiger partial charge is 0.187 e. The summed E-state index contributed by atoms with van der Waals surface area (Å²) in [6.07, 6.45) is 0. The zero-order chi connectivity index (χ0) is 14.8. The second-order valence-corrected chi connectivity index (χ2v) is 4.36. The summed E-state index contributed by atoms with van der Waals surface area (Å²) in [6, 6.07) is 11.3. The number of hydrogen-bond donors (Lipinski definition) is 1. The second kappa shape index (κ2) is 5.20. The van der Waals surface area contributed by atoms with Crippen molar-refractivity contribution in [2.45, 2.75) is 0 Å². The lowest BCUT2D eigenvalue weighted by atomic mass is 10.2. The van der Waals surface area contributed by atoms with Gasteiger partial charge in [-0.25, -0.2) is 4.39 Å². The summed E-state index contributed by atoms with van der Waals surface area (Å²) in [4.78, 5) is 0. The number of halogens is 1. The van der Waals surface area contributed by atoms with Crippen LogP contribution in [-0.4, -0.2) is 27.3 Å². The van der Waals surface area contributed by atoms with Gasteiger partial charge in [-0.05, 0) is 34.7 Å². The van der Waals surface area contributed by atoms with Crippen molar-refractivity contribution < 1.29 is 9.13 Å². The molecule has 2 aromatic carbocycles. The van der Waals surface area contributed by atoms with Crippen molar-refractivity contribution in [2.24, 2.45) is 0 Å². The number of methoxy groups -OCH3 is 1. The number of nitrogens with two attached hydrogens (primary N) is 1. The number of nitrogens with zero attached hydrogens (tertiary/aromatic N) is 4. The van der Waals surface area contributed by atoms with Gasteiger partial charge < -0.3 is 10.5 Å². The van der Waals surface area contributed by atoms with Gasteiger partial charge in [-0.15, -0.1) is 5.10 Å². The number of rotatable bonds is 3. The first kappa shape index (κ1) is 13.0. The molecular formula is C14H12FN5O. The molecule has 2 N–H and O–H groups in total. The molecular weight excluding hydrogens is 273 g/mol. The predicted octanol–water partition coefficient (Wildman–Crippen LogP) is 2.06. The molecule has 0 aliphatic rings. The second-order valence-electron chi connectivity index (χ2n) is 4.36. The quantitative estimate of drug-likeness (QED) is 0.745. The maximum Gasteiger partial charge on any atom is 0.187 e. The molecule has 3 aromatic rings. The highest BCUT2D eigenvalue weighted by molar-refractivity contribution is 5.63. The predicted molar refractivity (Wildman–Crippen MR) is 75.5 cm³/mol. The fourth-order valence-electron chi connectivity index (χ4n) is 2.03. The van der Waals surface area contributed by atoms with Crippen LogP contribution in [-0.2, 0) is 0 Å². The number of benzene rings is 2. The van der Waals surface area contributed by atoms with E-state index in [0.717, 1.165) is 5.56 Å². The minimum atomic E-state index is -0.394. The van der Waals surface area contributed by atoms with E-state index >= 15 is 0 Å². The number of tetrazole rings is 1. The van der Waals surface area contributed by atoms with Crippen LogP contribution in [0, 0.1) is 5.82 Å². The molecule has 3 rings (SSSR count). The summed E-state index contributed by atoms with van der Waals surface area (Å²) in [5, 5.41) is 11.6. The first-order valence-electron chi connectivity index (χ1n) is 6.17. The Morgan fingerprint density at radius 3 is 2.81 bits per heavy atom. The van der Waals surface area contributed by atoms with Gasteiger partial charge in [0.15, 0.2) is 5.82 Å². The topological polar surface area (TPSA) is 78.8 Å². The van der Waals surface area contributed by atoms with E-state index in [1.54, 1.807) is 18.2 Å². The highest BCUT2D eigenvalue weighted by atomic mass is 19.1. The maximum absolute atomic E-state index is 13.3. The van der Waals surface area contributed by atoms with Crippen molar-refractivity contribution in [3.63, 3.8) is 0 Å². The van der Waals surface area contributed by atoms with Crippen LogP contribution in [0.5, 0.6) is 5.75 Å². The van der Waals surface area contributed by atoms with Crippen molar-refractivity contribution in [3.8, 4) is 22.8 Å². The molecule has 0 aliphatic heterocycles. The molecule has 0 radical (unpaired) electrons. The average molecular weight is 285 g/mol. The Kier molecular flexibility index (Phi) is 3.23. The third kappa shape index (κ3) is 2.40. The molecule has 0 atom stereocenters. The summed E-state index contributed by atoms with van der Waals surface area (Å²) in [5.41, 5.74) is 7.68. The Bertz CT molecular complexity index is 787. The van der Waals surface area contributed by atoms with Gasteiger partial charge in [0.2, 0.25) is 0 Å². The molecule has 106 valence electrons. The molecule has 6 nitrogen and oxygen atoms in total. The molecule has 21 heavy (non-hydrogen) atoms. The van der Waals surface area contributed by atoms with E-state index in [-0.39, 0.29) is 0 Å². The molecule has 0 fully saturated rings. The van der Waals surface area contributed by atoms with Crippen molar-refractivity contribution in [3.05, 3.63) is 48.3 Å². The fourth-order valence-corrected chi connectivity index (χ4v) is 2.03. The fraction of sp³-hybridized carbons (Fsp3) is 0.0714. The maximum atomic E-state index is 13.3. The summed E-state index contributed by atoms with van der Waals surface area (Å²) in [7, 11) is 1.46. The minimum absolute atomic E-state index is 0.340. The van der Waals surface area contributed by atoms with Gasteiger partial charge in [0.1, 0.15) is 17.3 Å². The molecule has 0 saturated carbocycles. The van der Waals surface area contributed by atoms with Crippen molar-refractivity contribution in [1.82, 2.24) is 20.2 Å². The van der Waals surface area contributed by atoms with Crippen LogP contribution in [0.3, 0.4) is 0 Å². The average Bonchev–Trinajstić information content (AvgIpc) is 2.96. The lowest BCUT2D eigenvalue weighted by Gasteiger charge is -2.10. The van der Waals surface area contributed by atoms with Crippen LogP contribution in [0.4, 0.5) is 10.1 Å². The Hall–Kier alpha value is -2.96. The number of anilines is 1. The van der Waals surface area contributed by atoms with E-state index in [1.807, 2.05) is 12.1 Å². The van der Waals surface area contributed by atoms with E-state index in [1.165, 1.54) is 23.9 Å². The van der Waals surface area contributed by atoms with Gasteiger partial charge in [-0.3, -0.25) is 0 Å². The molecule has 0 amide bonds. The molecule has 0 aliphatic carbocycles. The van der Waals surface area contributed by atoms with Crippen LogP contribution in [0.25, 0.3) is 17.1 Å². The van der Waals surface area contributed by atoms with Gasteiger partial charge in [0, 0.05) is 17.3 Å².